The Kier molecular flexibility index (Phi) is 4.90. The van der Waals surface area contributed by atoms with E-state index in [2.05, 4.69) is 10.6 Å². The van der Waals surface area contributed by atoms with Gasteiger partial charge in [-0.2, -0.15) is 0 Å². The normalized spacial score (nSPS) is 13.4. The van der Waals surface area contributed by atoms with Gasteiger partial charge in [-0.15, -0.1) is 0 Å². The minimum atomic E-state index is -0.702. The summed E-state index contributed by atoms with van der Waals surface area (Å²) in [6.45, 7) is 7.02. The van der Waals surface area contributed by atoms with Gasteiger partial charge in [-0.3, -0.25) is 9.59 Å². The van der Waals surface area contributed by atoms with Crippen LogP contribution in [0.25, 0.3) is 0 Å². The quantitative estimate of drug-likeness (QED) is 0.795. The summed E-state index contributed by atoms with van der Waals surface area (Å²) in [5.74, 6) is 1.16. The molecule has 120 valence electrons. The van der Waals surface area contributed by atoms with Crippen LogP contribution >= 0.6 is 0 Å². The van der Waals surface area contributed by atoms with Crippen LogP contribution < -0.4 is 20.1 Å². The minimum absolute atomic E-state index is 0.102. The van der Waals surface area contributed by atoms with Gasteiger partial charge >= 0.3 is 0 Å². The fraction of sp³-hybridized carbons (Fsp3) is 0.500. The average molecular weight is 306 g/mol. The molecule has 0 radical (unpaired) electrons. The first-order valence-corrected chi connectivity index (χ1v) is 7.34. The second kappa shape index (κ2) is 6.68. The monoisotopic (exact) mass is 306 g/mol. The molecule has 1 aliphatic heterocycles. The van der Waals surface area contributed by atoms with Gasteiger partial charge in [-0.05, 0) is 31.5 Å². The Labute approximate surface area is 130 Å². The van der Waals surface area contributed by atoms with Gasteiger partial charge in [0, 0.05) is 20.0 Å². The Bertz CT molecular complexity index is 569. The zero-order valence-electron chi connectivity index (χ0n) is 13.2. The van der Waals surface area contributed by atoms with Gasteiger partial charge in [0.2, 0.25) is 11.8 Å². The lowest BCUT2D eigenvalue weighted by Crippen LogP contribution is -2.43. The van der Waals surface area contributed by atoms with Gasteiger partial charge in [0.15, 0.2) is 11.5 Å². The maximum absolute atomic E-state index is 12.4. The molecule has 2 amide bonds. The van der Waals surface area contributed by atoms with Crippen LogP contribution in [0.2, 0.25) is 0 Å². The molecule has 1 aromatic rings. The van der Waals surface area contributed by atoms with E-state index in [9.17, 15) is 9.59 Å². The Morgan fingerprint density at radius 2 is 1.73 bits per heavy atom. The third-order valence-corrected chi connectivity index (χ3v) is 3.62. The zero-order chi connectivity index (χ0) is 16.2. The number of rotatable bonds is 5. The summed E-state index contributed by atoms with van der Waals surface area (Å²) in [5.41, 5.74) is 0.153. The Hall–Kier alpha value is -2.24. The van der Waals surface area contributed by atoms with Crippen LogP contribution in [0.4, 0.5) is 0 Å². The molecule has 1 aliphatic rings. The maximum Gasteiger partial charge on any atom is 0.230 e. The number of hydrogen-bond donors (Lipinski definition) is 2. The lowest BCUT2D eigenvalue weighted by atomic mass is 9.83. The molecule has 2 rings (SSSR count). The van der Waals surface area contributed by atoms with Crippen molar-refractivity contribution in [2.45, 2.75) is 26.2 Å². The Morgan fingerprint density at radius 1 is 1.09 bits per heavy atom. The van der Waals surface area contributed by atoms with Gasteiger partial charge in [-0.25, -0.2) is 0 Å². The van der Waals surface area contributed by atoms with E-state index in [4.69, 9.17) is 9.47 Å². The van der Waals surface area contributed by atoms with Crippen molar-refractivity contribution in [3.8, 4) is 11.5 Å². The molecule has 22 heavy (non-hydrogen) atoms. The molecule has 1 aromatic carbocycles. The van der Waals surface area contributed by atoms with Gasteiger partial charge in [0.05, 0.1) is 5.41 Å². The molecule has 0 saturated carbocycles. The molecule has 0 saturated heterocycles. The number of fused-ring (bicyclic) bond motifs is 1. The number of ether oxygens (including phenoxy) is 2. The highest BCUT2D eigenvalue weighted by Crippen LogP contribution is 2.35. The van der Waals surface area contributed by atoms with E-state index in [-0.39, 0.29) is 11.8 Å². The van der Waals surface area contributed by atoms with Crippen LogP contribution in [-0.4, -0.2) is 38.1 Å². The van der Waals surface area contributed by atoms with Crippen molar-refractivity contribution >= 4 is 11.8 Å². The van der Waals surface area contributed by atoms with Crippen LogP contribution in [-0.2, 0) is 15.0 Å². The Morgan fingerprint density at radius 3 is 2.41 bits per heavy atom. The molecule has 2 N–H and O–H groups in total. The molecular weight excluding hydrogens is 284 g/mol. The molecule has 0 unspecified atom stereocenters. The standard InChI is InChI=1S/C16H22N2O4/c1-11(19)17-6-7-18-15(20)16(2,3)12-4-5-13-14(10-12)22-9-8-21-13/h4-5,10H,6-9H2,1-3H3,(H,17,19)(H,18,20). The molecule has 0 aromatic heterocycles. The number of carbonyl (C=O) groups is 2. The van der Waals surface area contributed by atoms with Crippen molar-refractivity contribution in [3.05, 3.63) is 23.8 Å². The van der Waals surface area contributed by atoms with E-state index in [1.54, 1.807) is 0 Å². The second-order valence-corrected chi connectivity index (χ2v) is 5.72. The summed E-state index contributed by atoms with van der Waals surface area (Å²) in [6.07, 6.45) is 0. The molecule has 0 spiro atoms. The number of benzene rings is 1. The highest BCUT2D eigenvalue weighted by molar-refractivity contribution is 5.87. The first-order valence-electron chi connectivity index (χ1n) is 7.34. The van der Waals surface area contributed by atoms with E-state index in [1.807, 2.05) is 32.0 Å². The van der Waals surface area contributed by atoms with Gasteiger partial charge in [0.25, 0.3) is 0 Å². The lowest BCUT2D eigenvalue weighted by Gasteiger charge is -2.26. The summed E-state index contributed by atoms with van der Waals surface area (Å²) in [4.78, 5) is 23.2. The lowest BCUT2D eigenvalue weighted by molar-refractivity contribution is -0.126. The SMILES string of the molecule is CC(=O)NCCNC(=O)C(C)(C)c1ccc2c(c1)OCCO2. The summed E-state index contributed by atoms with van der Waals surface area (Å²) in [5, 5.41) is 5.47. The number of nitrogens with one attached hydrogen (secondary N) is 2. The molecule has 0 bridgehead atoms. The fourth-order valence-corrected chi connectivity index (χ4v) is 2.20. The molecule has 0 fully saturated rings. The van der Waals surface area contributed by atoms with Crippen molar-refractivity contribution in [1.82, 2.24) is 10.6 Å². The van der Waals surface area contributed by atoms with Crippen LogP contribution in [0, 0.1) is 0 Å². The summed E-state index contributed by atoms with van der Waals surface area (Å²) in [6, 6.07) is 5.55. The van der Waals surface area contributed by atoms with E-state index < -0.39 is 5.41 Å². The predicted molar refractivity (Wildman–Crippen MR) is 82.2 cm³/mol. The number of carbonyl (C=O) groups excluding carboxylic acids is 2. The van der Waals surface area contributed by atoms with Gasteiger partial charge in [-0.1, -0.05) is 6.07 Å². The smallest absolute Gasteiger partial charge is 0.230 e. The molecule has 0 aliphatic carbocycles. The first-order chi connectivity index (χ1) is 10.4. The molecule has 1 heterocycles. The fourth-order valence-electron chi connectivity index (χ4n) is 2.20. The first kappa shape index (κ1) is 16.1. The molecule has 6 nitrogen and oxygen atoms in total. The predicted octanol–water partition coefficient (Wildman–Crippen LogP) is 0.988. The van der Waals surface area contributed by atoms with Crippen LogP contribution in [0.1, 0.15) is 26.3 Å². The molecule has 6 heteroatoms. The van der Waals surface area contributed by atoms with E-state index >= 15 is 0 Å². The van der Waals surface area contributed by atoms with E-state index in [0.29, 0.717) is 37.8 Å². The third-order valence-electron chi connectivity index (χ3n) is 3.62. The number of hydrogen-bond acceptors (Lipinski definition) is 4. The van der Waals surface area contributed by atoms with Crippen molar-refractivity contribution < 1.29 is 19.1 Å². The summed E-state index contributed by atoms with van der Waals surface area (Å²) in [7, 11) is 0. The van der Waals surface area contributed by atoms with Crippen LogP contribution in [0.3, 0.4) is 0 Å². The number of amides is 2. The maximum atomic E-state index is 12.4. The summed E-state index contributed by atoms with van der Waals surface area (Å²) < 4.78 is 11.0. The highest BCUT2D eigenvalue weighted by Gasteiger charge is 2.30. The molecular formula is C16H22N2O4. The molecule has 0 atom stereocenters. The Balaban J connectivity index is 2.02. The van der Waals surface area contributed by atoms with E-state index in [0.717, 1.165) is 5.56 Å². The largest absolute Gasteiger partial charge is 0.486 e. The van der Waals surface area contributed by atoms with Crippen LogP contribution in [0.15, 0.2) is 18.2 Å². The topological polar surface area (TPSA) is 76.7 Å². The second-order valence-electron chi connectivity index (χ2n) is 5.72. The van der Waals surface area contributed by atoms with Crippen molar-refractivity contribution in [2.24, 2.45) is 0 Å². The van der Waals surface area contributed by atoms with Gasteiger partial charge < -0.3 is 20.1 Å². The highest BCUT2D eigenvalue weighted by atomic mass is 16.6. The van der Waals surface area contributed by atoms with Crippen molar-refractivity contribution in [2.75, 3.05) is 26.3 Å². The average Bonchev–Trinajstić information content (AvgIpc) is 2.50. The van der Waals surface area contributed by atoms with Crippen molar-refractivity contribution in [1.29, 1.82) is 0 Å². The van der Waals surface area contributed by atoms with Crippen LogP contribution in [0.5, 0.6) is 11.5 Å². The van der Waals surface area contributed by atoms with Crippen molar-refractivity contribution in [3.63, 3.8) is 0 Å². The zero-order valence-corrected chi connectivity index (χ0v) is 13.2. The summed E-state index contributed by atoms with van der Waals surface area (Å²) >= 11 is 0. The minimum Gasteiger partial charge on any atom is -0.486 e. The van der Waals surface area contributed by atoms with E-state index in [1.165, 1.54) is 6.92 Å². The third kappa shape index (κ3) is 3.69. The van der Waals surface area contributed by atoms with Gasteiger partial charge in [0.1, 0.15) is 13.2 Å².